The molecule has 0 radical (unpaired) electrons. The molecule has 0 spiro atoms. The van der Waals surface area contributed by atoms with Crippen molar-refractivity contribution >= 4 is 5.97 Å². The van der Waals surface area contributed by atoms with Crippen molar-refractivity contribution in [2.75, 3.05) is 13.1 Å². The number of likely N-dealkylation sites (tertiary alicyclic amines) is 1. The van der Waals surface area contributed by atoms with Crippen LogP contribution in [0.2, 0.25) is 0 Å². The summed E-state index contributed by atoms with van der Waals surface area (Å²) in [5.41, 5.74) is 1.72. The van der Waals surface area contributed by atoms with Crippen LogP contribution in [0.25, 0.3) is 0 Å². The van der Waals surface area contributed by atoms with Crippen LogP contribution in [0.3, 0.4) is 0 Å². The fourth-order valence-corrected chi connectivity index (χ4v) is 3.81. The first-order valence-electron chi connectivity index (χ1n) is 8.97. The average Bonchev–Trinajstić information content (AvgIpc) is 2.63. The summed E-state index contributed by atoms with van der Waals surface area (Å²) in [5, 5.41) is 9.41. The van der Waals surface area contributed by atoms with E-state index in [1.807, 2.05) is 36.1 Å². The summed E-state index contributed by atoms with van der Waals surface area (Å²) in [6.07, 6.45) is -3.12. The van der Waals surface area contributed by atoms with Gasteiger partial charge < -0.3 is 5.11 Å². The number of piperidine rings is 1. The van der Waals surface area contributed by atoms with Crippen molar-refractivity contribution < 1.29 is 23.1 Å². The van der Waals surface area contributed by atoms with Crippen LogP contribution in [0.15, 0.2) is 48.5 Å². The largest absolute Gasteiger partial charge is 0.481 e. The van der Waals surface area contributed by atoms with E-state index >= 15 is 0 Å². The summed E-state index contributed by atoms with van der Waals surface area (Å²) in [4.78, 5) is 13.5. The molecule has 6 heteroatoms. The summed E-state index contributed by atoms with van der Waals surface area (Å²) < 4.78 is 39.7. The van der Waals surface area contributed by atoms with E-state index in [4.69, 9.17) is 0 Å². The molecule has 2 aromatic carbocycles. The Morgan fingerprint density at radius 1 is 1.19 bits per heavy atom. The first-order valence-corrected chi connectivity index (χ1v) is 8.97. The zero-order valence-electron chi connectivity index (χ0n) is 15.0. The van der Waals surface area contributed by atoms with E-state index in [-0.39, 0.29) is 0 Å². The molecule has 0 saturated carbocycles. The van der Waals surface area contributed by atoms with Gasteiger partial charge in [-0.3, -0.25) is 9.69 Å². The van der Waals surface area contributed by atoms with Gasteiger partial charge in [0.25, 0.3) is 0 Å². The normalized spacial score (nSPS) is 19.6. The Kier molecular flexibility index (Phi) is 5.56. The van der Waals surface area contributed by atoms with Crippen molar-refractivity contribution in [3.63, 3.8) is 0 Å². The Bertz CT molecular complexity index is 819. The Morgan fingerprint density at radius 2 is 1.93 bits per heavy atom. The Morgan fingerprint density at radius 3 is 2.59 bits per heavy atom. The number of aryl methyl sites for hydroxylation is 1. The monoisotopic (exact) mass is 377 g/mol. The number of carboxylic acids is 1. The second-order valence-electron chi connectivity index (χ2n) is 7.05. The zero-order chi connectivity index (χ0) is 19.6. The Balaban J connectivity index is 2.06. The third-order valence-corrected chi connectivity index (χ3v) is 5.18. The van der Waals surface area contributed by atoms with E-state index in [1.165, 1.54) is 12.1 Å². The molecular weight excluding hydrogens is 355 g/mol. The molecule has 2 aromatic rings. The van der Waals surface area contributed by atoms with Gasteiger partial charge in [0.05, 0.1) is 17.5 Å². The van der Waals surface area contributed by atoms with E-state index in [1.54, 1.807) is 6.07 Å². The maximum absolute atomic E-state index is 13.2. The van der Waals surface area contributed by atoms with Crippen LogP contribution in [-0.2, 0) is 11.0 Å². The van der Waals surface area contributed by atoms with E-state index in [2.05, 4.69) is 0 Å². The second kappa shape index (κ2) is 7.72. The number of benzene rings is 2. The summed E-state index contributed by atoms with van der Waals surface area (Å²) in [6, 6.07) is 12.5. The fraction of sp³-hybridized carbons (Fsp3) is 0.381. The molecule has 3 rings (SSSR count). The Labute approximate surface area is 156 Å². The van der Waals surface area contributed by atoms with Crippen LogP contribution in [0, 0.1) is 12.8 Å². The quantitative estimate of drug-likeness (QED) is 0.824. The van der Waals surface area contributed by atoms with Gasteiger partial charge in [-0.25, -0.2) is 0 Å². The number of nitrogens with zero attached hydrogens (tertiary/aromatic N) is 1. The fourth-order valence-electron chi connectivity index (χ4n) is 3.81. The summed E-state index contributed by atoms with van der Waals surface area (Å²) >= 11 is 0. The van der Waals surface area contributed by atoms with Gasteiger partial charge in [-0.1, -0.05) is 36.4 Å². The number of carboxylic acid groups (broad SMARTS) is 1. The molecule has 2 atom stereocenters. The molecule has 1 saturated heterocycles. The van der Waals surface area contributed by atoms with Crippen LogP contribution < -0.4 is 0 Å². The van der Waals surface area contributed by atoms with Gasteiger partial charge in [-0.05, 0) is 55.1 Å². The predicted octanol–water partition coefficient (Wildman–Crippen LogP) is 4.90. The minimum atomic E-state index is -4.42. The van der Waals surface area contributed by atoms with Gasteiger partial charge in [0.2, 0.25) is 0 Å². The standard InChI is InChI=1S/C21H22F3NO2/c1-14-6-2-3-10-18(14)19(25-11-5-8-16(13-25)20(26)27)15-7-4-9-17(12-15)21(22,23)24/h2-4,6-7,9-10,12,16,19H,5,8,11,13H2,1H3,(H,26,27). The van der Waals surface area contributed by atoms with Gasteiger partial charge >= 0.3 is 12.1 Å². The summed E-state index contributed by atoms with van der Waals surface area (Å²) in [6.45, 7) is 2.90. The number of alkyl halides is 3. The topological polar surface area (TPSA) is 40.5 Å². The van der Waals surface area contributed by atoms with E-state index < -0.39 is 29.7 Å². The highest BCUT2D eigenvalue weighted by Gasteiger charge is 2.34. The minimum absolute atomic E-state index is 0.324. The predicted molar refractivity (Wildman–Crippen MR) is 96.4 cm³/mol. The van der Waals surface area contributed by atoms with Crippen molar-refractivity contribution in [1.29, 1.82) is 0 Å². The molecule has 0 aliphatic carbocycles. The molecule has 1 heterocycles. The van der Waals surface area contributed by atoms with E-state index in [0.717, 1.165) is 17.2 Å². The lowest BCUT2D eigenvalue weighted by Gasteiger charge is -2.38. The maximum atomic E-state index is 13.2. The SMILES string of the molecule is Cc1ccccc1C(c1cccc(C(F)(F)F)c1)N1CCCC(C(=O)O)C1. The van der Waals surface area contributed by atoms with Gasteiger partial charge in [0.15, 0.2) is 0 Å². The summed E-state index contributed by atoms with van der Waals surface area (Å²) in [5.74, 6) is -1.36. The van der Waals surface area contributed by atoms with E-state index in [0.29, 0.717) is 31.5 Å². The third-order valence-electron chi connectivity index (χ3n) is 5.18. The first-order chi connectivity index (χ1) is 12.8. The van der Waals surface area contributed by atoms with Gasteiger partial charge in [-0.2, -0.15) is 13.2 Å². The van der Waals surface area contributed by atoms with Crippen LogP contribution in [0.1, 0.15) is 41.1 Å². The molecule has 3 nitrogen and oxygen atoms in total. The van der Waals surface area contributed by atoms with Gasteiger partial charge in [-0.15, -0.1) is 0 Å². The highest BCUT2D eigenvalue weighted by molar-refractivity contribution is 5.70. The maximum Gasteiger partial charge on any atom is 0.416 e. The number of rotatable bonds is 4. The van der Waals surface area contributed by atoms with Crippen LogP contribution in [0.5, 0.6) is 0 Å². The molecule has 144 valence electrons. The van der Waals surface area contributed by atoms with Crippen molar-refractivity contribution in [2.24, 2.45) is 5.92 Å². The number of aliphatic carboxylic acids is 1. The number of hydrogen-bond donors (Lipinski definition) is 1. The highest BCUT2D eigenvalue weighted by atomic mass is 19.4. The molecule has 0 bridgehead atoms. The van der Waals surface area contributed by atoms with E-state index in [9.17, 15) is 23.1 Å². The Hall–Kier alpha value is -2.34. The highest BCUT2D eigenvalue weighted by Crippen LogP contribution is 2.37. The van der Waals surface area contributed by atoms with Crippen LogP contribution in [-0.4, -0.2) is 29.1 Å². The summed E-state index contributed by atoms with van der Waals surface area (Å²) in [7, 11) is 0. The molecule has 1 N–H and O–H groups in total. The molecule has 2 unspecified atom stereocenters. The smallest absolute Gasteiger partial charge is 0.416 e. The lowest BCUT2D eigenvalue weighted by Crippen LogP contribution is -2.41. The minimum Gasteiger partial charge on any atom is -0.481 e. The van der Waals surface area contributed by atoms with Crippen molar-refractivity contribution in [2.45, 2.75) is 32.0 Å². The number of carbonyl (C=O) groups is 1. The molecule has 27 heavy (non-hydrogen) atoms. The lowest BCUT2D eigenvalue weighted by molar-refractivity contribution is -0.143. The lowest BCUT2D eigenvalue weighted by atomic mass is 9.89. The van der Waals surface area contributed by atoms with Crippen LogP contribution >= 0.6 is 0 Å². The van der Waals surface area contributed by atoms with Crippen molar-refractivity contribution in [1.82, 2.24) is 4.90 Å². The van der Waals surface area contributed by atoms with Crippen molar-refractivity contribution in [3.05, 3.63) is 70.8 Å². The molecule has 0 amide bonds. The van der Waals surface area contributed by atoms with Gasteiger partial charge in [0.1, 0.15) is 0 Å². The van der Waals surface area contributed by atoms with Crippen LogP contribution in [0.4, 0.5) is 13.2 Å². The molecule has 1 aliphatic rings. The molecule has 1 fully saturated rings. The average molecular weight is 377 g/mol. The first kappa shape index (κ1) is 19.4. The number of halogens is 3. The zero-order valence-corrected chi connectivity index (χ0v) is 15.0. The molecular formula is C21H22F3NO2. The molecule has 0 aromatic heterocycles. The number of hydrogen-bond acceptors (Lipinski definition) is 2. The molecule has 1 aliphatic heterocycles. The van der Waals surface area contributed by atoms with Crippen molar-refractivity contribution in [3.8, 4) is 0 Å². The van der Waals surface area contributed by atoms with Gasteiger partial charge in [0, 0.05) is 6.54 Å². The third kappa shape index (κ3) is 4.33. The second-order valence-corrected chi connectivity index (χ2v) is 7.05.